The summed E-state index contributed by atoms with van der Waals surface area (Å²) >= 11 is 0. The number of carbonyl (C=O) groups is 2. The van der Waals surface area contributed by atoms with Crippen molar-refractivity contribution in [2.45, 2.75) is 51.5 Å². The van der Waals surface area contributed by atoms with Gasteiger partial charge >= 0.3 is 5.97 Å². The Morgan fingerprint density at radius 3 is 2.67 bits per heavy atom. The monoisotopic (exact) mass is 256 g/mol. The van der Waals surface area contributed by atoms with Gasteiger partial charge in [-0.1, -0.05) is 20.3 Å². The fourth-order valence-electron chi connectivity index (χ4n) is 2.59. The molecule has 0 saturated carbocycles. The molecule has 1 saturated heterocycles. The minimum Gasteiger partial charge on any atom is -0.480 e. The van der Waals surface area contributed by atoms with Crippen molar-refractivity contribution in [3.05, 3.63) is 0 Å². The number of hydrogen-bond acceptors (Lipinski definition) is 3. The molecule has 0 bridgehead atoms. The molecule has 1 aliphatic heterocycles. The second-order valence-corrected chi connectivity index (χ2v) is 4.92. The number of carboxylic acids is 1. The van der Waals surface area contributed by atoms with E-state index in [4.69, 9.17) is 0 Å². The van der Waals surface area contributed by atoms with Gasteiger partial charge in [0.1, 0.15) is 5.54 Å². The SMILES string of the molecule is CCCCNC(=O)CN1CCCC1(CC)C(=O)O. The van der Waals surface area contributed by atoms with Crippen LogP contribution in [0.2, 0.25) is 0 Å². The highest BCUT2D eigenvalue weighted by Gasteiger charge is 2.46. The van der Waals surface area contributed by atoms with Crippen LogP contribution in [0.25, 0.3) is 0 Å². The topological polar surface area (TPSA) is 69.6 Å². The zero-order valence-electron chi connectivity index (χ0n) is 11.4. The predicted octanol–water partition coefficient (Wildman–Crippen LogP) is 1.23. The van der Waals surface area contributed by atoms with Crippen LogP contribution in [-0.2, 0) is 9.59 Å². The highest BCUT2D eigenvalue weighted by molar-refractivity contribution is 5.82. The molecule has 18 heavy (non-hydrogen) atoms. The lowest BCUT2D eigenvalue weighted by Gasteiger charge is -2.33. The van der Waals surface area contributed by atoms with E-state index in [0.29, 0.717) is 25.9 Å². The van der Waals surface area contributed by atoms with Crippen molar-refractivity contribution in [3.8, 4) is 0 Å². The second kappa shape index (κ2) is 6.73. The summed E-state index contributed by atoms with van der Waals surface area (Å²) in [5.74, 6) is -0.867. The van der Waals surface area contributed by atoms with E-state index in [1.165, 1.54) is 0 Å². The molecule has 1 atom stereocenters. The largest absolute Gasteiger partial charge is 0.480 e. The van der Waals surface area contributed by atoms with Gasteiger partial charge in [-0.25, -0.2) is 0 Å². The molecular weight excluding hydrogens is 232 g/mol. The lowest BCUT2D eigenvalue weighted by atomic mass is 9.93. The maximum Gasteiger partial charge on any atom is 0.324 e. The molecule has 0 aromatic rings. The van der Waals surface area contributed by atoms with Gasteiger partial charge in [0.05, 0.1) is 6.54 Å². The quantitative estimate of drug-likeness (QED) is 0.672. The molecule has 1 unspecified atom stereocenters. The number of amides is 1. The first-order valence-electron chi connectivity index (χ1n) is 6.82. The van der Waals surface area contributed by atoms with Crippen molar-refractivity contribution in [3.63, 3.8) is 0 Å². The summed E-state index contributed by atoms with van der Waals surface area (Å²) in [6.07, 6.45) is 4.04. The zero-order chi connectivity index (χ0) is 13.6. The molecule has 0 aromatic heterocycles. The van der Waals surface area contributed by atoms with E-state index in [1.807, 2.05) is 11.8 Å². The third-order valence-corrected chi connectivity index (χ3v) is 3.79. The molecule has 1 amide bonds. The van der Waals surface area contributed by atoms with Gasteiger partial charge in [0.15, 0.2) is 0 Å². The molecule has 0 spiro atoms. The van der Waals surface area contributed by atoms with Gasteiger partial charge in [0, 0.05) is 6.54 Å². The highest BCUT2D eigenvalue weighted by Crippen LogP contribution is 2.32. The Morgan fingerprint density at radius 1 is 1.39 bits per heavy atom. The fourth-order valence-corrected chi connectivity index (χ4v) is 2.59. The predicted molar refractivity (Wildman–Crippen MR) is 69.4 cm³/mol. The van der Waals surface area contributed by atoms with Crippen LogP contribution in [0.3, 0.4) is 0 Å². The summed E-state index contributed by atoms with van der Waals surface area (Å²) in [6.45, 7) is 5.52. The zero-order valence-corrected chi connectivity index (χ0v) is 11.4. The third kappa shape index (κ3) is 3.22. The summed E-state index contributed by atoms with van der Waals surface area (Å²) in [6, 6.07) is 0. The van der Waals surface area contributed by atoms with Crippen molar-refractivity contribution in [2.75, 3.05) is 19.6 Å². The van der Waals surface area contributed by atoms with E-state index < -0.39 is 11.5 Å². The Kier molecular flexibility index (Phi) is 5.59. The Morgan fingerprint density at radius 2 is 2.11 bits per heavy atom. The van der Waals surface area contributed by atoms with Gasteiger partial charge in [0.25, 0.3) is 0 Å². The average molecular weight is 256 g/mol. The minimum atomic E-state index is -0.831. The molecule has 0 radical (unpaired) electrons. The van der Waals surface area contributed by atoms with E-state index in [0.717, 1.165) is 19.3 Å². The normalized spacial score (nSPS) is 24.1. The highest BCUT2D eigenvalue weighted by atomic mass is 16.4. The van der Waals surface area contributed by atoms with Gasteiger partial charge in [0.2, 0.25) is 5.91 Å². The number of aliphatic carboxylic acids is 1. The van der Waals surface area contributed by atoms with Gasteiger partial charge in [-0.3, -0.25) is 14.5 Å². The van der Waals surface area contributed by atoms with E-state index in [9.17, 15) is 14.7 Å². The number of hydrogen-bond donors (Lipinski definition) is 2. The first-order valence-corrected chi connectivity index (χ1v) is 6.82. The molecule has 2 N–H and O–H groups in total. The van der Waals surface area contributed by atoms with Crippen molar-refractivity contribution in [1.82, 2.24) is 10.2 Å². The van der Waals surface area contributed by atoms with Crippen molar-refractivity contribution >= 4 is 11.9 Å². The lowest BCUT2D eigenvalue weighted by Crippen LogP contribution is -2.53. The molecule has 0 aliphatic carbocycles. The molecule has 104 valence electrons. The Bertz CT molecular complexity index is 307. The standard InChI is InChI=1S/C13H24N2O3/c1-3-5-8-14-11(16)10-15-9-6-7-13(15,4-2)12(17)18/h3-10H2,1-2H3,(H,14,16)(H,17,18). The van der Waals surface area contributed by atoms with Crippen LogP contribution >= 0.6 is 0 Å². The summed E-state index contributed by atoms with van der Waals surface area (Å²) in [4.78, 5) is 25.0. The molecular formula is C13H24N2O3. The van der Waals surface area contributed by atoms with E-state index in [1.54, 1.807) is 0 Å². The van der Waals surface area contributed by atoms with Crippen molar-refractivity contribution < 1.29 is 14.7 Å². The number of nitrogens with one attached hydrogen (secondary N) is 1. The molecule has 1 heterocycles. The molecule has 5 heteroatoms. The Balaban J connectivity index is 2.54. The molecule has 5 nitrogen and oxygen atoms in total. The molecule has 1 aliphatic rings. The van der Waals surface area contributed by atoms with Gasteiger partial charge < -0.3 is 10.4 Å². The number of carbonyl (C=O) groups excluding carboxylic acids is 1. The number of rotatable bonds is 7. The van der Waals surface area contributed by atoms with Crippen LogP contribution < -0.4 is 5.32 Å². The minimum absolute atomic E-state index is 0.0653. The Hall–Kier alpha value is -1.10. The number of carboxylic acid groups (broad SMARTS) is 1. The summed E-state index contributed by atoms with van der Waals surface area (Å²) in [5.41, 5.74) is -0.831. The van der Waals surface area contributed by atoms with Crippen molar-refractivity contribution in [1.29, 1.82) is 0 Å². The maximum atomic E-state index is 11.8. The van der Waals surface area contributed by atoms with E-state index >= 15 is 0 Å². The lowest BCUT2D eigenvalue weighted by molar-refractivity contribution is -0.150. The van der Waals surface area contributed by atoms with Gasteiger partial charge in [-0.2, -0.15) is 0 Å². The maximum absolute atomic E-state index is 11.8. The number of likely N-dealkylation sites (tertiary alicyclic amines) is 1. The van der Waals surface area contributed by atoms with Gasteiger partial charge in [-0.05, 0) is 32.2 Å². The number of nitrogens with zero attached hydrogens (tertiary/aromatic N) is 1. The number of unbranched alkanes of at least 4 members (excludes halogenated alkanes) is 1. The van der Waals surface area contributed by atoms with E-state index in [-0.39, 0.29) is 12.5 Å². The van der Waals surface area contributed by atoms with Crippen LogP contribution in [0, 0.1) is 0 Å². The van der Waals surface area contributed by atoms with Crippen molar-refractivity contribution in [2.24, 2.45) is 0 Å². The van der Waals surface area contributed by atoms with Crippen LogP contribution in [0.4, 0.5) is 0 Å². The molecule has 1 fully saturated rings. The fraction of sp³-hybridized carbons (Fsp3) is 0.846. The van der Waals surface area contributed by atoms with Crippen LogP contribution in [-0.4, -0.2) is 47.1 Å². The first-order chi connectivity index (χ1) is 8.56. The average Bonchev–Trinajstić information content (AvgIpc) is 2.73. The summed E-state index contributed by atoms with van der Waals surface area (Å²) < 4.78 is 0. The van der Waals surface area contributed by atoms with E-state index in [2.05, 4.69) is 12.2 Å². The van der Waals surface area contributed by atoms with Gasteiger partial charge in [-0.15, -0.1) is 0 Å². The Labute approximate surface area is 109 Å². The second-order valence-electron chi connectivity index (χ2n) is 4.92. The van der Waals surface area contributed by atoms with Crippen LogP contribution in [0.5, 0.6) is 0 Å². The summed E-state index contributed by atoms with van der Waals surface area (Å²) in [5, 5.41) is 12.2. The third-order valence-electron chi connectivity index (χ3n) is 3.79. The summed E-state index contributed by atoms with van der Waals surface area (Å²) in [7, 11) is 0. The smallest absolute Gasteiger partial charge is 0.324 e. The van der Waals surface area contributed by atoms with Crippen LogP contribution in [0.15, 0.2) is 0 Å². The molecule has 0 aromatic carbocycles. The molecule has 1 rings (SSSR count). The first kappa shape index (κ1) is 15.0. The van der Waals surface area contributed by atoms with Crippen LogP contribution in [0.1, 0.15) is 46.0 Å².